The Morgan fingerprint density at radius 2 is 1.50 bits per heavy atom. The predicted molar refractivity (Wildman–Crippen MR) is 72.8 cm³/mol. The second-order valence-electron chi connectivity index (χ2n) is 3.19. The molecule has 0 amide bonds. The fourth-order valence-corrected chi connectivity index (χ4v) is 2.58. The first-order chi connectivity index (χ1) is 7.40. The Balaban J connectivity index is 0.00000128. The Morgan fingerprint density at radius 3 is 2.19 bits per heavy atom. The molecule has 2 rings (SSSR count). The van der Waals surface area contributed by atoms with Crippen molar-refractivity contribution in [2.75, 3.05) is 7.11 Å². The maximum Gasteiger partial charge on any atom is 0.126 e. The molecule has 3 heteroatoms. The van der Waals surface area contributed by atoms with Crippen LogP contribution in [-0.4, -0.2) is 26.0 Å². The summed E-state index contributed by atoms with van der Waals surface area (Å²) in [5.41, 5.74) is 0. The van der Waals surface area contributed by atoms with Gasteiger partial charge in [0.25, 0.3) is 0 Å². The van der Waals surface area contributed by atoms with Crippen molar-refractivity contribution in [2.45, 2.75) is 0 Å². The van der Waals surface area contributed by atoms with Crippen molar-refractivity contribution in [1.29, 1.82) is 0 Å². The molecule has 1 atom stereocenters. The zero-order chi connectivity index (χ0) is 10.5. The van der Waals surface area contributed by atoms with Crippen molar-refractivity contribution in [1.82, 2.24) is 0 Å². The Labute approximate surface area is 110 Å². The number of benzene rings is 2. The first-order valence-corrected chi connectivity index (χ1v) is 5.85. The summed E-state index contributed by atoms with van der Waals surface area (Å²) in [6.07, 6.45) is 0. The summed E-state index contributed by atoms with van der Waals surface area (Å²) in [4.78, 5) is 0. The maximum absolute atomic E-state index is 5.32. The van der Waals surface area contributed by atoms with Gasteiger partial charge in [-0.3, -0.25) is 0 Å². The van der Waals surface area contributed by atoms with Crippen LogP contribution in [0.15, 0.2) is 54.6 Å². The minimum Gasteiger partial charge on any atom is -0.496 e. The SMILES string of the molecule is COc1ccccc1Pc1ccccc1.[Li]. The molecule has 1 unspecified atom stereocenters. The summed E-state index contributed by atoms with van der Waals surface area (Å²) < 4.78 is 5.32. The summed E-state index contributed by atoms with van der Waals surface area (Å²) in [5, 5.41) is 2.59. The minimum absolute atomic E-state index is 0. The van der Waals surface area contributed by atoms with E-state index in [4.69, 9.17) is 4.74 Å². The maximum atomic E-state index is 5.32. The molecule has 0 aliphatic carbocycles. The van der Waals surface area contributed by atoms with E-state index in [2.05, 4.69) is 30.3 Å². The van der Waals surface area contributed by atoms with Crippen LogP contribution < -0.4 is 15.3 Å². The van der Waals surface area contributed by atoms with Gasteiger partial charge in [-0.05, 0) is 11.4 Å². The second-order valence-corrected chi connectivity index (χ2v) is 4.56. The van der Waals surface area contributed by atoms with E-state index in [9.17, 15) is 0 Å². The number of methoxy groups -OCH3 is 1. The average Bonchev–Trinajstić information content (AvgIpc) is 2.31. The summed E-state index contributed by atoms with van der Waals surface area (Å²) in [5.74, 6) is 0.972. The van der Waals surface area contributed by atoms with Gasteiger partial charge in [0.05, 0.1) is 7.11 Å². The van der Waals surface area contributed by atoms with Crippen LogP contribution in [0, 0.1) is 0 Å². The third-order valence-corrected chi connectivity index (χ3v) is 3.46. The van der Waals surface area contributed by atoms with Crippen LogP contribution in [0.2, 0.25) is 0 Å². The van der Waals surface area contributed by atoms with Crippen molar-refractivity contribution in [3.8, 4) is 5.75 Å². The third-order valence-electron chi connectivity index (χ3n) is 2.16. The smallest absolute Gasteiger partial charge is 0.126 e. The average molecular weight is 223 g/mol. The van der Waals surface area contributed by atoms with Crippen LogP contribution in [0.5, 0.6) is 5.75 Å². The quantitative estimate of drug-likeness (QED) is 0.570. The molecule has 77 valence electrons. The minimum atomic E-state index is 0. The molecule has 0 spiro atoms. The zero-order valence-corrected chi connectivity index (χ0v) is 10.6. The molecule has 0 saturated carbocycles. The first kappa shape index (κ1) is 13.3. The van der Waals surface area contributed by atoms with E-state index >= 15 is 0 Å². The fourth-order valence-electron chi connectivity index (χ4n) is 1.42. The molecule has 2 aromatic rings. The van der Waals surface area contributed by atoms with Gasteiger partial charge >= 0.3 is 0 Å². The van der Waals surface area contributed by atoms with Gasteiger partial charge in [0.15, 0.2) is 0 Å². The van der Waals surface area contributed by atoms with Gasteiger partial charge in [0, 0.05) is 24.2 Å². The van der Waals surface area contributed by atoms with Crippen LogP contribution in [0.1, 0.15) is 0 Å². The molecule has 0 bridgehead atoms. The molecule has 0 aliphatic rings. The largest absolute Gasteiger partial charge is 0.496 e. The summed E-state index contributed by atoms with van der Waals surface area (Å²) in [6.45, 7) is 0. The standard InChI is InChI=1S/C13H13OP.Li/c1-14-12-9-5-6-10-13(12)15-11-7-3-2-4-8-11;/h2-10,15H,1H3;. The van der Waals surface area contributed by atoms with E-state index in [-0.39, 0.29) is 18.9 Å². The number of para-hydroxylation sites is 1. The van der Waals surface area contributed by atoms with Gasteiger partial charge in [-0.2, -0.15) is 0 Å². The molecule has 0 heterocycles. The predicted octanol–water partition coefficient (Wildman–Crippen LogP) is 1.94. The second kappa shape index (κ2) is 6.77. The van der Waals surface area contributed by atoms with Gasteiger partial charge in [-0.15, -0.1) is 0 Å². The van der Waals surface area contributed by atoms with Gasteiger partial charge in [0.2, 0.25) is 0 Å². The molecular weight excluding hydrogens is 210 g/mol. The third kappa shape index (κ3) is 3.39. The van der Waals surface area contributed by atoms with E-state index in [0.717, 1.165) is 5.75 Å². The van der Waals surface area contributed by atoms with Crippen LogP contribution in [0.4, 0.5) is 0 Å². The molecule has 0 fully saturated rings. The molecule has 1 nitrogen and oxygen atoms in total. The van der Waals surface area contributed by atoms with Gasteiger partial charge in [-0.1, -0.05) is 57.1 Å². The number of ether oxygens (including phenoxy) is 1. The van der Waals surface area contributed by atoms with Crippen molar-refractivity contribution < 1.29 is 4.74 Å². The molecule has 1 radical (unpaired) electrons. The normalized spacial score (nSPS) is 10.1. The first-order valence-electron chi connectivity index (χ1n) is 4.85. The number of rotatable bonds is 3. The van der Waals surface area contributed by atoms with Crippen molar-refractivity contribution in [3.63, 3.8) is 0 Å². The zero-order valence-electron chi connectivity index (χ0n) is 9.60. The van der Waals surface area contributed by atoms with Gasteiger partial charge in [0.1, 0.15) is 5.75 Å². The Morgan fingerprint density at radius 1 is 0.875 bits per heavy atom. The monoisotopic (exact) mass is 223 g/mol. The van der Waals surface area contributed by atoms with Crippen molar-refractivity contribution in [3.05, 3.63) is 54.6 Å². The van der Waals surface area contributed by atoms with Gasteiger partial charge < -0.3 is 4.74 Å². The van der Waals surface area contributed by atoms with Crippen molar-refractivity contribution >= 4 is 38.1 Å². The van der Waals surface area contributed by atoms with E-state index in [0.29, 0.717) is 8.58 Å². The van der Waals surface area contributed by atoms with E-state index in [1.165, 1.54) is 10.6 Å². The molecule has 0 saturated heterocycles. The summed E-state index contributed by atoms with van der Waals surface area (Å²) >= 11 is 0. The van der Waals surface area contributed by atoms with Gasteiger partial charge in [-0.25, -0.2) is 0 Å². The van der Waals surface area contributed by atoms with E-state index < -0.39 is 0 Å². The van der Waals surface area contributed by atoms with E-state index in [1.54, 1.807) is 7.11 Å². The molecule has 0 aliphatic heterocycles. The molecule has 0 N–H and O–H groups in total. The molecule has 2 aromatic carbocycles. The topological polar surface area (TPSA) is 9.23 Å². The Hall–Kier alpha value is -0.733. The van der Waals surface area contributed by atoms with Crippen LogP contribution in [0.3, 0.4) is 0 Å². The van der Waals surface area contributed by atoms with Crippen molar-refractivity contribution in [2.24, 2.45) is 0 Å². The van der Waals surface area contributed by atoms with E-state index in [1.807, 2.05) is 24.3 Å². The Bertz CT molecular complexity index is 431. The molecule has 16 heavy (non-hydrogen) atoms. The van der Waals surface area contributed by atoms with Crippen LogP contribution >= 0.6 is 8.58 Å². The Kier molecular flexibility index (Phi) is 5.64. The number of hydrogen-bond donors (Lipinski definition) is 0. The summed E-state index contributed by atoms with van der Waals surface area (Å²) in [6, 6.07) is 18.6. The molecule has 0 aromatic heterocycles. The fraction of sp³-hybridized carbons (Fsp3) is 0.0769. The van der Waals surface area contributed by atoms with Crippen LogP contribution in [-0.2, 0) is 0 Å². The number of hydrogen-bond acceptors (Lipinski definition) is 1. The summed E-state index contributed by atoms with van der Waals surface area (Å²) in [7, 11) is 2.37. The van der Waals surface area contributed by atoms with Crippen LogP contribution in [0.25, 0.3) is 0 Å². The molecular formula is C13H13LiOP.